The number of nitrogens with one attached hydrogen (secondary N) is 4. The van der Waals surface area contributed by atoms with Gasteiger partial charge in [0.05, 0.1) is 19.1 Å². The quantitative estimate of drug-likeness (QED) is 0.254. The number of likely N-dealkylation sites (tertiary alicyclic amines) is 2. The van der Waals surface area contributed by atoms with E-state index in [9.17, 15) is 28.8 Å². The van der Waals surface area contributed by atoms with Gasteiger partial charge in [0.15, 0.2) is 0 Å². The highest BCUT2D eigenvalue weighted by Gasteiger charge is 2.39. The maximum absolute atomic E-state index is 13.4. The van der Waals surface area contributed by atoms with Gasteiger partial charge >= 0.3 is 0 Å². The van der Waals surface area contributed by atoms with Gasteiger partial charge in [-0.05, 0) is 59.0 Å². The zero-order chi connectivity index (χ0) is 27.7. The highest BCUT2D eigenvalue weighted by Crippen LogP contribution is 2.21. The molecule has 0 aromatic carbocycles. The fourth-order valence-electron chi connectivity index (χ4n) is 4.66. The topological polar surface area (TPSA) is 157 Å². The van der Waals surface area contributed by atoms with Crippen molar-refractivity contribution in [2.75, 3.05) is 33.2 Å². The second-order valence-corrected chi connectivity index (χ2v) is 10.1. The third kappa shape index (κ3) is 8.51. The molecule has 208 valence electrons. The Morgan fingerprint density at radius 1 is 0.865 bits per heavy atom. The number of amides is 5. The van der Waals surface area contributed by atoms with E-state index in [-0.39, 0.29) is 48.6 Å². The van der Waals surface area contributed by atoms with E-state index in [1.807, 2.05) is 25.8 Å². The molecule has 0 aliphatic carbocycles. The van der Waals surface area contributed by atoms with Crippen LogP contribution in [0, 0.1) is 5.92 Å². The normalized spacial score (nSPS) is 22.0. The molecule has 2 aliphatic heterocycles. The van der Waals surface area contributed by atoms with Crippen LogP contribution in [0.2, 0.25) is 0 Å². The molecule has 4 N–H and O–H groups in total. The van der Waals surface area contributed by atoms with Crippen LogP contribution in [-0.2, 0) is 28.8 Å². The lowest BCUT2D eigenvalue weighted by atomic mass is 9.97. The molecule has 2 rings (SSSR count). The Bertz CT molecular complexity index is 880. The number of ketones is 1. The van der Waals surface area contributed by atoms with Gasteiger partial charge in [0.1, 0.15) is 23.9 Å². The monoisotopic (exact) mass is 522 g/mol. The van der Waals surface area contributed by atoms with Crippen LogP contribution in [0.4, 0.5) is 0 Å². The van der Waals surface area contributed by atoms with Gasteiger partial charge in [0.2, 0.25) is 29.5 Å². The average molecular weight is 523 g/mol. The van der Waals surface area contributed by atoms with Gasteiger partial charge in [-0.15, -0.1) is 0 Å². The lowest BCUT2D eigenvalue weighted by Gasteiger charge is -2.32. The summed E-state index contributed by atoms with van der Waals surface area (Å²) in [6.07, 6.45) is 3.39. The minimum Gasteiger partial charge on any atom is -0.347 e. The van der Waals surface area contributed by atoms with Gasteiger partial charge in [-0.1, -0.05) is 20.3 Å². The molecule has 2 aliphatic rings. The fraction of sp³-hybridized carbons (Fsp3) is 0.760. The van der Waals surface area contributed by atoms with Crippen LogP contribution in [0.5, 0.6) is 0 Å². The average Bonchev–Trinajstić information content (AvgIpc) is 3.52. The lowest BCUT2D eigenvalue weighted by molar-refractivity contribution is -0.143. The second kappa shape index (κ2) is 14.1. The number of hydrogen-bond donors (Lipinski definition) is 4. The summed E-state index contributed by atoms with van der Waals surface area (Å²) in [5.74, 6) is -2.42. The molecule has 0 aromatic heterocycles. The van der Waals surface area contributed by atoms with Crippen LogP contribution >= 0.6 is 0 Å². The molecule has 12 heteroatoms. The number of Topliss-reactive ketones (excluding diaryl/α,β-unsaturated/α-hetero) is 1. The standard InChI is InChI=1S/C25H42N6O6/c1-6-15(2)21(25(37)31-12-8-10-19(31)24(36)26-13-16(3)32)29-22(34)17(4)28-20(33)14-27-23(35)18-9-7-11-30(18)5/h15,17-19,21H,6-14H2,1-5H3,(H,26,36)(H,27,35)(H,28,33)(H,29,34). The van der Waals surface area contributed by atoms with Crippen molar-refractivity contribution in [3.05, 3.63) is 0 Å². The Morgan fingerprint density at radius 3 is 2.05 bits per heavy atom. The zero-order valence-corrected chi connectivity index (χ0v) is 22.6. The maximum atomic E-state index is 13.4. The van der Waals surface area contributed by atoms with Crippen molar-refractivity contribution in [1.82, 2.24) is 31.1 Å². The molecule has 37 heavy (non-hydrogen) atoms. The lowest BCUT2D eigenvalue weighted by Crippen LogP contribution is -2.58. The van der Waals surface area contributed by atoms with Gasteiger partial charge in [-0.25, -0.2) is 0 Å². The number of rotatable bonds is 12. The predicted molar refractivity (Wildman–Crippen MR) is 136 cm³/mol. The van der Waals surface area contributed by atoms with Crippen molar-refractivity contribution in [1.29, 1.82) is 0 Å². The molecule has 5 unspecified atom stereocenters. The molecule has 2 saturated heterocycles. The van der Waals surface area contributed by atoms with Gasteiger partial charge in [-0.3, -0.25) is 33.7 Å². The Hall–Kier alpha value is -3.02. The van der Waals surface area contributed by atoms with Gasteiger partial charge in [0.25, 0.3) is 0 Å². The van der Waals surface area contributed by atoms with Gasteiger partial charge in [0, 0.05) is 6.54 Å². The van der Waals surface area contributed by atoms with E-state index in [1.54, 1.807) is 0 Å². The van der Waals surface area contributed by atoms with E-state index < -0.39 is 29.9 Å². The predicted octanol–water partition coefficient (Wildman–Crippen LogP) is -1.07. The molecule has 0 spiro atoms. The first-order chi connectivity index (χ1) is 17.5. The smallest absolute Gasteiger partial charge is 0.246 e. The summed E-state index contributed by atoms with van der Waals surface area (Å²) in [6, 6.07) is -2.77. The summed E-state index contributed by atoms with van der Waals surface area (Å²) in [6.45, 7) is 7.47. The Morgan fingerprint density at radius 2 is 1.46 bits per heavy atom. The van der Waals surface area contributed by atoms with Crippen molar-refractivity contribution in [2.24, 2.45) is 5.92 Å². The summed E-state index contributed by atoms with van der Waals surface area (Å²) < 4.78 is 0. The van der Waals surface area contributed by atoms with Crippen LogP contribution < -0.4 is 21.3 Å². The highest BCUT2D eigenvalue weighted by atomic mass is 16.2. The van der Waals surface area contributed by atoms with Crippen LogP contribution in [0.3, 0.4) is 0 Å². The molecule has 5 amide bonds. The molecule has 2 heterocycles. The fourth-order valence-corrected chi connectivity index (χ4v) is 4.66. The molecule has 0 radical (unpaired) electrons. The number of carbonyl (C=O) groups excluding carboxylic acids is 6. The number of likely N-dealkylation sites (N-methyl/N-ethyl adjacent to an activating group) is 1. The molecular weight excluding hydrogens is 480 g/mol. The SMILES string of the molecule is CCC(C)C(NC(=O)C(C)NC(=O)CNC(=O)C1CCCN1C)C(=O)N1CCCC1C(=O)NCC(C)=O. The largest absolute Gasteiger partial charge is 0.347 e. The van der Waals surface area contributed by atoms with Gasteiger partial charge < -0.3 is 26.2 Å². The van der Waals surface area contributed by atoms with E-state index in [2.05, 4.69) is 21.3 Å². The van der Waals surface area contributed by atoms with E-state index in [0.29, 0.717) is 25.8 Å². The molecule has 0 aromatic rings. The molecular formula is C25H42N6O6. The van der Waals surface area contributed by atoms with Crippen molar-refractivity contribution in [2.45, 2.75) is 84.0 Å². The van der Waals surface area contributed by atoms with Crippen molar-refractivity contribution < 1.29 is 28.8 Å². The van der Waals surface area contributed by atoms with E-state index in [1.165, 1.54) is 18.7 Å². The van der Waals surface area contributed by atoms with Gasteiger partial charge in [-0.2, -0.15) is 0 Å². The number of hydrogen-bond acceptors (Lipinski definition) is 7. The molecule has 5 atom stereocenters. The summed E-state index contributed by atoms with van der Waals surface area (Å²) in [5, 5.41) is 10.5. The van der Waals surface area contributed by atoms with E-state index >= 15 is 0 Å². The molecule has 0 saturated carbocycles. The number of nitrogens with zero attached hydrogens (tertiary/aromatic N) is 2. The number of carbonyl (C=O) groups is 6. The third-order valence-corrected chi connectivity index (χ3v) is 7.14. The van der Waals surface area contributed by atoms with Crippen LogP contribution in [0.1, 0.15) is 59.8 Å². The molecule has 0 bridgehead atoms. The first-order valence-corrected chi connectivity index (χ1v) is 13.1. The van der Waals surface area contributed by atoms with E-state index in [4.69, 9.17) is 0 Å². The first-order valence-electron chi connectivity index (χ1n) is 13.1. The first kappa shape index (κ1) is 30.2. The Labute approximate surface area is 218 Å². The maximum Gasteiger partial charge on any atom is 0.246 e. The van der Waals surface area contributed by atoms with Crippen molar-refractivity contribution >= 4 is 35.3 Å². The summed E-state index contributed by atoms with van der Waals surface area (Å²) >= 11 is 0. The minimum absolute atomic E-state index is 0.0993. The molecule has 2 fully saturated rings. The van der Waals surface area contributed by atoms with Crippen molar-refractivity contribution in [3.63, 3.8) is 0 Å². The summed E-state index contributed by atoms with van der Waals surface area (Å²) in [5.41, 5.74) is 0. The van der Waals surface area contributed by atoms with Crippen LogP contribution in [0.25, 0.3) is 0 Å². The Balaban J connectivity index is 1.94. The Kier molecular flexibility index (Phi) is 11.5. The van der Waals surface area contributed by atoms with E-state index in [0.717, 1.165) is 19.4 Å². The minimum atomic E-state index is -0.939. The summed E-state index contributed by atoms with van der Waals surface area (Å²) in [7, 11) is 1.86. The highest BCUT2D eigenvalue weighted by molar-refractivity contribution is 5.96. The summed E-state index contributed by atoms with van der Waals surface area (Å²) in [4.78, 5) is 78.2. The van der Waals surface area contributed by atoms with Crippen LogP contribution in [-0.4, -0.2) is 103 Å². The second-order valence-electron chi connectivity index (χ2n) is 10.1. The van der Waals surface area contributed by atoms with Crippen molar-refractivity contribution in [3.8, 4) is 0 Å². The molecule has 12 nitrogen and oxygen atoms in total. The third-order valence-electron chi connectivity index (χ3n) is 7.14. The zero-order valence-electron chi connectivity index (χ0n) is 22.6. The van der Waals surface area contributed by atoms with Crippen LogP contribution in [0.15, 0.2) is 0 Å².